The van der Waals surface area contributed by atoms with Crippen LogP contribution in [0.4, 0.5) is 0 Å². The van der Waals surface area contributed by atoms with Gasteiger partial charge in [-0.3, -0.25) is 19.3 Å². The molecule has 0 spiro atoms. The molecule has 0 unspecified atom stereocenters. The maximum Gasteiger partial charge on any atom is 0.251 e. The third-order valence-corrected chi connectivity index (χ3v) is 5.97. The van der Waals surface area contributed by atoms with Crippen LogP contribution in [0.5, 0.6) is 0 Å². The van der Waals surface area contributed by atoms with Crippen molar-refractivity contribution in [3.8, 4) is 0 Å². The fourth-order valence-corrected chi connectivity index (χ4v) is 4.81. The predicted octanol–water partition coefficient (Wildman–Crippen LogP) is 0.653. The van der Waals surface area contributed by atoms with Gasteiger partial charge in [-0.15, -0.1) is 0 Å². The highest BCUT2D eigenvalue weighted by molar-refractivity contribution is 5.78. The molecule has 7 heteroatoms. The van der Waals surface area contributed by atoms with E-state index in [9.17, 15) is 14.4 Å². The van der Waals surface area contributed by atoms with E-state index in [4.69, 9.17) is 5.73 Å². The fourth-order valence-electron chi connectivity index (χ4n) is 4.81. The van der Waals surface area contributed by atoms with Crippen molar-refractivity contribution in [1.29, 1.82) is 0 Å². The molecule has 7 nitrogen and oxygen atoms in total. The van der Waals surface area contributed by atoms with Crippen LogP contribution in [-0.4, -0.2) is 47.5 Å². The van der Waals surface area contributed by atoms with E-state index < -0.39 is 0 Å². The number of amides is 2. The van der Waals surface area contributed by atoms with Crippen LogP contribution in [0.2, 0.25) is 0 Å². The Bertz CT molecular complexity index is 956. The molecule has 29 heavy (non-hydrogen) atoms. The fraction of sp³-hybridized carbons (Fsp3) is 0.409. The maximum absolute atomic E-state index is 12.7. The smallest absolute Gasteiger partial charge is 0.251 e. The summed E-state index contributed by atoms with van der Waals surface area (Å²) in [5, 5.41) is 3.02. The van der Waals surface area contributed by atoms with Gasteiger partial charge in [-0.25, -0.2) is 0 Å². The van der Waals surface area contributed by atoms with Crippen molar-refractivity contribution < 1.29 is 9.59 Å². The minimum Gasteiger partial charge on any atom is -0.369 e. The lowest BCUT2D eigenvalue weighted by atomic mass is 9.78. The lowest BCUT2D eigenvalue weighted by Crippen LogP contribution is -2.53. The Morgan fingerprint density at radius 3 is 2.62 bits per heavy atom. The number of carbonyl (C=O) groups excluding carboxylic acids is 2. The Kier molecular flexibility index (Phi) is 5.49. The molecule has 152 valence electrons. The maximum atomic E-state index is 12.7. The van der Waals surface area contributed by atoms with Gasteiger partial charge in [0.15, 0.2) is 0 Å². The summed E-state index contributed by atoms with van der Waals surface area (Å²) in [6.07, 6.45) is 1.25. The van der Waals surface area contributed by atoms with Gasteiger partial charge in [-0.1, -0.05) is 36.4 Å². The first kappa shape index (κ1) is 19.4. The van der Waals surface area contributed by atoms with Crippen molar-refractivity contribution in [2.24, 2.45) is 11.7 Å². The molecule has 3 N–H and O–H groups in total. The number of hydrogen-bond acceptors (Lipinski definition) is 4. The molecule has 1 aromatic heterocycles. The first-order valence-electron chi connectivity index (χ1n) is 10.0. The summed E-state index contributed by atoms with van der Waals surface area (Å²) in [4.78, 5) is 38.6. The number of fused-ring (bicyclic) bond motifs is 4. The molecule has 1 saturated heterocycles. The number of piperidine rings is 1. The van der Waals surface area contributed by atoms with Crippen LogP contribution < -0.4 is 16.6 Å². The molecule has 2 aromatic rings. The summed E-state index contributed by atoms with van der Waals surface area (Å²) < 4.78 is 1.85. The van der Waals surface area contributed by atoms with E-state index >= 15 is 0 Å². The van der Waals surface area contributed by atoms with Crippen LogP contribution in [0.3, 0.4) is 0 Å². The Morgan fingerprint density at radius 2 is 1.86 bits per heavy atom. The first-order valence-corrected chi connectivity index (χ1v) is 10.0. The summed E-state index contributed by atoms with van der Waals surface area (Å²) in [7, 11) is 0. The molecular formula is C22H26N4O3. The first-order chi connectivity index (χ1) is 14.0. The van der Waals surface area contributed by atoms with Gasteiger partial charge in [-0.05, 0) is 24.0 Å². The summed E-state index contributed by atoms with van der Waals surface area (Å²) in [6, 6.07) is 14.8. The number of primary amides is 1. The number of aromatic nitrogens is 1. The number of likely N-dealkylation sites (tertiary alicyclic amines) is 1. The van der Waals surface area contributed by atoms with Crippen LogP contribution in [0, 0.1) is 5.92 Å². The van der Waals surface area contributed by atoms with Gasteiger partial charge in [0.2, 0.25) is 11.8 Å². The molecule has 3 atom stereocenters. The van der Waals surface area contributed by atoms with Gasteiger partial charge in [-0.2, -0.15) is 0 Å². The lowest BCUT2D eigenvalue weighted by Gasteiger charge is -2.46. The lowest BCUT2D eigenvalue weighted by molar-refractivity contribution is -0.120. The second kappa shape index (κ2) is 8.21. The quantitative estimate of drug-likeness (QED) is 0.752. The highest BCUT2D eigenvalue weighted by Crippen LogP contribution is 2.40. The SMILES string of the molecule is NC(=O)CN1C[C@H]2C[C@@H](C1)[C@H](CNC(=O)Cc1ccccc1)n1c2cccc1=O. The summed E-state index contributed by atoms with van der Waals surface area (Å²) >= 11 is 0. The Labute approximate surface area is 169 Å². The van der Waals surface area contributed by atoms with E-state index in [-0.39, 0.29) is 41.8 Å². The van der Waals surface area contributed by atoms with Crippen LogP contribution in [-0.2, 0) is 16.0 Å². The van der Waals surface area contributed by atoms with E-state index in [0.717, 1.165) is 24.2 Å². The van der Waals surface area contributed by atoms with Gasteiger partial charge >= 0.3 is 0 Å². The monoisotopic (exact) mass is 394 g/mol. The molecule has 2 aliphatic heterocycles. The zero-order chi connectivity index (χ0) is 20.4. The van der Waals surface area contributed by atoms with E-state index in [1.165, 1.54) is 0 Å². The standard InChI is InChI=1S/C22H26N4O3/c23-20(27)14-25-12-16-10-17(13-25)19(26-18(16)7-4-8-22(26)29)11-24-21(28)9-15-5-2-1-3-6-15/h1-8,16-17,19H,9-14H2,(H2,23,27)(H,24,28)/t16-,17+,19+/m1/s1. The van der Waals surface area contributed by atoms with Gasteiger partial charge in [0.1, 0.15) is 0 Å². The number of rotatable bonds is 6. The molecule has 3 heterocycles. The zero-order valence-corrected chi connectivity index (χ0v) is 16.3. The summed E-state index contributed by atoms with van der Waals surface area (Å²) in [6.45, 7) is 2.02. The van der Waals surface area contributed by atoms with Crippen LogP contribution in [0.15, 0.2) is 53.3 Å². The second-order valence-corrected chi connectivity index (χ2v) is 8.05. The van der Waals surface area contributed by atoms with E-state index in [2.05, 4.69) is 10.2 Å². The Hall–Kier alpha value is -2.93. The van der Waals surface area contributed by atoms with Crippen molar-refractivity contribution in [2.45, 2.75) is 24.8 Å². The van der Waals surface area contributed by atoms with E-state index in [1.54, 1.807) is 12.1 Å². The number of nitrogens with two attached hydrogens (primary N) is 1. The summed E-state index contributed by atoms with van der Waals surface area (Å²) in [5.74, 6) is -0.0345. The van der Waals surface area contributed by atoms with Crippen molar-refractivity contribution in [3.05, 3.63) is 70.1 Å². The molecule has 2 bridgehead atoms. The number of hydrogen-bond donors (Lipinski definition) is 2. The largest absolute Gasteiger partial charge is 0.369 e. The Morgan fingerprint density at radius 1 is 1.07 bits per heavy atom. The minimum absolute atomic E-state index is 0.0390. The van der Waals surface area contributed by atoms with E-state index in [0.29, 0.717) is 19.5 Å². The number of benzene rings is 1. The molecule has 0 saturated carbocycles. The number of nitrogens with zero attached hydrogens (tertiary/aromatic N) is 2. The second-order valence-electron chi connectivity index (χ2n) is 8.05. The Balaban J connectivity index is 1.53. The van der Waals surface area contributed by atoms with E-state index in [1.807, 2.05) is 41.0 Å². The van der Waals surface area contributed by atoms with Gasteiger partial charge in [0, 0.05) is 37.3 Å². The molecule has 1 fully saturated rings. The molecule has 0 aliphatic carbocycles. The third-order valence-electron chi connectivity index (χ3n) is 5.97. The van der Waals surface area contributed by atoms with Crippen molar-refractivity contribution in [3.63, 3.8) is 0 Å². The van der Waals surface area contributed by atoms with Crippen LogP contribution >= 0.6 is 0 Å². The molecular weight excluding hydrogens is 368 g/mol. The van der Waals surface area contributed by atoms with Gasteiger partial charge in [0.25, 0.3) is 5.56 Å². The van der Waals surface area contributed by atoms with Crippen LogP contribution in [0.25, 0.3) is 0 Å². The molecule has 2 amide bonds. The number of nitrogens with one attached hydrogen (secondary N) is 1. The highest BCUT2D eigenvalue weighted by atomic mass is 16.2. The zero-order valence-electron chi connectivity index (χ0n) is 16.3. The third kappa shape index (κ3) is 4.24. The molecule has 4 rings (SSSR count). The topological polar surface area (TPSA) is 97.4 Å². The average molecular weight is 394 g/mol. The summed E-state index contributed by atoms with van der Waals surface area (Å²) in [5.41, 5.74) is 7.30. The molecule has 0 radical (unpaired) electrons. The normalized spacial score (nSPS) is 23.2. The molecule has 2 aliphatic rings. The highest BCUT2D eigenvalue weighted by Gasteiger charge is 2.40. The number of pyridine rings is 1. The van der Waals surface area contributed by atoms with Crippen molar-refractivity contribution in [2.75, 3.05) is 26.2 Å². The van der Waals surface area contributed by atoms with Crippen molar-refractivity contribution in [1.82, 2.24) is 14.8 Å². The van der Waals surface area contributed by atoms with Gasteiger partial charge < -0.3 is 15.6 Å². The van der Waals surface area contributed by atoms with Crippen LogP contribution in [0.1, 0.15) is 29.6 Å². The average Bonchev–Trinajstić information content (AvgIpc) is 2.68. The van der Waals surface area contributed by atoms with Gasteiger partial charge in [0.05, 0.1) is 19.0 Å². The predicted molar refractivity (Wildman–Crippen MR) is 109 cm³/mol. The number of carbonyl (C=O) groups is 2. The van der Waals surface area contributed by atoms with Crippen molar-refractivity contribution >= 4 is 11.8 Å². The molecule has 1 aromatic carbocycles. The minimum atomic E-state index is -0.344.